The third-order valence-corrected chi connectivity index (χ3v) is 5.65. The number of amides is 1. The molecule has 0 aliphatic carbocycles. The molecule has 0 radical (unpaired) electrons. The standard InChI is InChI=1S/C19H18FN3O3S/c1-4-14-22-18-15(10(3)16(27-18)17(21)25)19(26)23(14)8-13(24)11-5-6-12(20)9(2)7-11/h5-7H,4,8H2,1-3H3,(H2,21,25). The second kappa shape index (κ2) is 7.03. The zero-order valence-corrected chi connectivity index (χ0v) is 15.9. The van der Waals surface area contributed by atoms with E-state index in [0.29, 0.717) is 39.2 Å². The van der Waals surface area contributed by atoms with Crippen LogP contribution in [-0.2, 0) is 13.0 Å². The van der Waals surface area contributed by atoms with E-state index in [4.69, 9.17) is 5.73 Å². The highest BCUT2D eigenvalue weighted by Crippen LogP contribution is 2.27. The Labute approximate surface area is 158 Å². The van der Waals surface area contributed by atoms with Crippen molar-refractivity contribution in [2.75, 3.05) is 0 Å². The van der Waals surface area contributed by atoms with Gasteiger partial charge in [0.05, 0.1) is 16.8 Å². The highest BCUT2D eigenvalue weighted by molar-refractivity contribution is 7.20. The number of nitrogens with zero attached hydrogens (tertiary/aromatic N) is 2. The number of ketones is 1. The molecule has 2 heterocycles. The molecule has 3 aromatic rings. The summed E-state index contributed by atoms with van der Waals surface area (Å²) in [6.45, 7) is 4.83. The molecule has 0 bridgehead atoms. The molecular formula is C19H18FN3O3S. The van der Waals surface area contributed by atoms with E-state index in [1.165, 1.54) is 22.8 Å². The van der Waals surface area contributed by atoms with Gasteiger partial charge in [0.1, 0.15) is 16.5 Å². The number of halogens is 1. The zero-order valence-electron chi connectivity index (χ0n) is 15.1. The number of aromatic nitrogens is 2. The van der Waals surface area contributed by atoms with Crippen molar-refractivity contribution in [3.05, 3.63) is 61.8 Å². The first-order valence-electron chi connectivity index (χ1n) is 8.36. The minimum Gasteiger partial charge on any atom is -0.365 e. The van der Waals surface area contributed by atoms with Crippen LogP contribution in [0.3, 0.4) is 0 Å². The molecule has 1 amide bonds. The Hall–Kier alpha value is -2.87. The summed E-state index contributed by atoms with van der Waals surface area (Å²) in [6.07, 6.45) is 0.434. The minimum atomic E-state index is -0.614. The number of primary amides is 1. The average Bonchev–Trinajstić information content (AvgIpc) is 2.96. The number of carbonyl (C=O) groups is 2. The van der Waals surface area contributed by atoms with Gasteiger partial charge in [-0.3, -0.25) is 19.0 Å². The van der Waals surface area contributed by atoms with E-state index in [-0.39, 0.29) is 22.8 Å². The summed E-state index contributed by atoms with van der Waals surface area (Å²) in [7, 11) is 0. The molecule has 0 atom stereocenters. The van der Waals surface area contributed by atoms with E-state index in [9.17, 15) is 18.8 Å². The minimum absolute atomic E-state index is 0.211. The monoisotopic (exact) mass is 387 g/mol. The molecule has 0 saturated heterocycles. The average molecular weight is 387 g/mol. The molecule has 0 unspecified atom stereocenters. The van der Waals surface area contributed by atoms with Crippen LogP contribution in [0, 0.1) is 19.7 Å². The molecule has 3 rings (SSSR count). The van der Waals surface area contributed by atoms with Crippen LogP contribution in [0.4, 0.5) is 4.39 Å². The largest absolute Gasteiger partial charge is 0.365 e. The molecular weight excluding hydrogens is 369 g/mol. The first-order valence-corrected chi connectivity index (χ1v) is 9.18. The van der Waals surface area contributed by atoms with Gasteiger partial charge in [-0.1, -0.05) is 6.92 Å². The first-order chi connectivity index (χ1) is 12.7. The zero-order chi connectivity index (χ0) is 19.9. The number of aryl methyl sites for hydroxylation is 3. The highest BCUT2D eigenvalue weighted by Gasteiger charge is 2.21. The Balaban J connectivity index is 2.12. The molecule has 0 aliphatic heterocycles. The van der Waals surface area contributed by atoms with Gasteiger partial charge in [0.15, 0.2) is 5.78 Å². The van der Waals surface area contributed by atoms with Crippen LogP contribution in [0.25, 0.3) is 10.2 Å². The summed E-state index contributed by atoms with van der Waals surface area (Å²) in [5, 5.41) is 0.300. The molecule has 0 fully saturated rings. The normalized spacial score (nSPS) is 11.1. The number of hydrogen-bond donors (Lipinski definition) is 1. The molecule has 27 heavy (non-hydrogen) atoms. The topological polar surface area (TPSA) is 95.0 Å². The van der Waals surface area contributed by atoms with Gasteiger partial charge in [0, 0.05) is 12.0 Å². The summed E-state index contributed by atoms with van der Waals surface area (Å²) < 4.78 is 14.8. The number of rotatable bonds is 5. The van der Waals surface area contributed by atoms with Crippen molar-refractivity contribution in [3.63, 3.8) is 0 Å². The van der Waals surface area contributed by atoms with Crippen LogP contribution in [0.2, 0.25) is 0 Å². The molecule has 6 nitrogen and oxygen atoms in total. The lowest BCUT2D eigenvalue weighted by Crippen LogP contribution is -2.28. The fourth-order valence-electron chi connectivity index (χ4n) is 2.98. The lowest BCUT2D eigenvalue weighted by molar-refractivity contribution is 0.0967. The first kappa shape index (κ1) is 18.9. The van der Waals surface area contributed by atoms with Gasteiger partial charge in [0.2, 0.25) is 0 Å². The van der Waals surface area contributed by atoms with Crippen molar-refractivity contribution >= 4 is 33.2 Å². The fraction of sp³-hybridized carbons (Fsp3) is 0.263. The van der Waals surface area contributed by atoms with Gasteiger partial charge in [0.25, 0.3) is 11.5 Å². The molecule has 2 N–H and O–H groups in total. The van der Waals surface area contributed by atoms with Gasteiger partial charge in [-0.15, -0.1) is 11.3 Å². The highest BCUT2D eigenvalue weighted by atomic mass is 32.1. The van der Waals surface area contributed by atoms with Crippen LogP contribution < -0.4 is 11.3 Å². The third kappa shape index (κ3) is 3.28. The van der Waals surface area contributed by atoms with E-state index >= 15 is 0 Å². The number of hydrogen-bond acceptors (Lipinski definition) is 5. The predicted molar refractivity (Wildman–Crippen MR) is 102 cm³/mol. The maximum Gasteiger partial charge on any atom is 0.262 e. The van der Waals surface area contributed by atoms with Crippen LogP contribution in [0.15, 0.2) is 23.0 Å². The third-order valence-electron chi connectivity index (χ3n) is 4.45. The van der Waals surface area contributed by atoms with E-state index in [1.807, 2.05) is 6.92 Å². The second-order valence-corrected chi connectivity index (χ2v) is 7.26. The number of nitrogens with two attached hydrogens (primary N) is 1. The van der Waals surface area contributed by atoms with Crippen LogP contribution in [0.5, 0.6) is 0 Å². The Morgan fingerprint density at radius 1 is 1.30 bits per heavy atom. The summed E-state index contributed by atoms with van der Waals surface area (Å²) in [5.41, 5.74) is 6.14. The van der Waals surface area contributed by atoms with Crippen molar-refractivity contribution in [1.82, 2.24) is 9.55 Å². The number of thiophene rings is 1. The quantitative estimate of drug-likeness (QED) is 0.681. The van der Waals surface area contributed by atoms with Crippen LogP contribution in [0.1, 0.15) is 43.9 Å². The SMILES string of the molecule is CCc1nc2sc(C(N)=O)c(C)c2c(=O)n1CC(=O)c1ccc(F)c(C)c1. The molecule has 0 aliphatic rings. The molecule has 8 heteroatoms. The van der Waals surface area contributed by atoms with Crippen molar-refractivity contribution in [2.45, 2.75) is 33.7 Å². The smallest absolute Gasteiger partial charge is 0.262 e. The number of carbonyl (C=O) groups excluding carboxylic acids is 2. The summed E-state index contributed by atoms with van der Waals surface area (Å²) >= 11 is 1.08. The summed E-state index contributed by atoms with van der Waals surface area (Å²) in [5.74, 6) is -0.887. The van der Waals surface area contributed by atoms with Crippen molar-refractivity contribution < 1.29 is 14.0 Å². The van der Waals surface area contributed by atoms with Gasteiger partial charge in [-0.05, 0) is 43.2 Å². The van der Waals surface area contributed by atoms with E-state index in [0.717, 1.165) is 11.3 Å². The Morgan fingerprint density at radius 3 is 2.59 bits per heavy atom. The van der Waals surface area contributed by atoms with Crippen LogP contribution in [-0.4, -0.2) is 21.2 Å². The van der Waals surface area contributed by atoms with Gasteiger partial charge >= 0.3 is 0 Å². The number of fused-ring (bicyclic) bond motifs is 1. The molecule has 140 valence electrons. The summed E-state index contributed by atoms with van der Waals surface area (Å²) in [6, 6.07) is 4.09. The second-order valence-electron chi connectivity index (χ2n) is 6.26. The van der Waals surface area contributed by atoms with Gasteiger partial charge in [-0.2, -0.15) is 0 Å². The lowest BCUT2D eigenvalue weighted by Gasteiger charge is -2.11. The van der Waals surface area contributed by atoms with Crippen molar-refractivity contribution in [2.24, 2.45) is 5.73 Å². The number of benzene rings is 1. The maximum absolute atomic E-state index is 13.4. The Morgan fingerprint density at radius 2 is 2.00 bits per heavy atom. The predicted octanol–water partition coefficient (Wildman–Crippen LogP) is 2.76. The van der Waals surface area contributed by atoms with E-state index in [2.05, 4.69) is 4.98 Å². The summed E-state index contributed by atoms with van der Waals surface area (Å²) in [4.78, 5) is 42.4. The van der Waals surface area contributed by atoms with E-state index in [1.54, 1.807) is 13.8 Å². The maximum atomic E-state index is 13.4. The number of Topliss-reactive ketones (excluding diaryl/α,β-unsaturated/α-hetero) is 1. The molecule has 0 spiro atoms. The van der Waals surface area contributed by atoms with Crippen LogP contribution >= 0.6 is 11.3 Å². The fourth-order valence-corrected chi connectivity index (χ4v) is 4.02. The Kier molecular flexibility index (Phi) is 4.93. The molecule has 1 aromatic carbocycles. The van der Waals surface area contributed by atoms with Gasteiger partial charge < -0.3 is 5.73 Å². The Bertz CT molecular complexity index is 1150. The molecule has 0 saturated carbocycles. The van der Waals surface area contributed by atoms with Crippen molar-refractivity contribution in [3.8, 4) is 0 Å². The lowest BCUT2D eigenvalue weighted by atomic mass is 10.1. The van der Waals surface area contributed by atoms with E-state index < -0.39 is 11.7 Å². The molecule has 2 aromatic heterocycles. The van der Waals surface area contributed by atoms with Crippen molar-refractivity contribution in [1.29, 1.82) is 0 Å². The van der Waals surface area contributed by atoms with Gasteiger partial charge in [-0.25, -0.2) is 9.37 Å².